The van der Waals surface area contributed by atoms with Crippen molar-refractivity contribution < 1.29 is 0 Å². The number of aromatic nitrogens is 2. The monoisotopic (exact) mass is 315 g/mol. The molecule has 1 unspecified atom stereocenters. The summed E-state index contributed by atoms with van der Waals surface area (Å²) >= 11 is 13.5. The molecule has 0 aliphatic carbocycles. The highest BCUT2D eigenvalue weighted by atomic mass is 35.5. The van der Waals surface area contributed by atoms with Crippen molar-refractivity contribution in [3.8, 4) is 0 Å². The topological polar surface area (TPSA) is 37.8 Å². The van der Waals surface area contributed by atoms with E-state index in [2.05, 4.69) is 21.8 Å². The molecule has 1 atom stereocenters. The van der Waals surface area contributed by atoms with Crippen molar-refractivity contribution in [1.82, 2.24) is 14.9 Å². The number of nitrogens with zero attached hydrogens (tertiary/aromatic N) is 2. The Morgan fingerprint density at radius 1 is 1.32 bits per heavy atom. The van der Waals surface area contributed by atoms with E-state index in [4.69, 9.17) is 23.2 Å². The molecule has 2 aromatic rings. The van der Waals surface area contributed by atoms with Crippen LogP contribution >= 0.6 is 34.7 Å². The molecule has 0 saturated carbocycles. The zero-order valence-corrected chi connectivity index (χ0v) is 13.1. The number of aryl methyl sites for hydroxylation is 1. The van der Waals surface area contributed by atoms with Crippen molar-refractivity contribution in [2.75, 3.05) is 7.05 Å². The van der Waals surface area contributed by atoms with Crippen LogP contribution in [0.2, 0.25) is 10.0 Å². The van der Waals surface area contributed by atoms with Gasteiger partial charge >= 0.3 is 0 Å². The van der Waals surface area contributed by atoms with Crippen molar-refractivity contribution in [3.63, 3.8) is 0 Å². The van der Waals surface area contributed by atoms with Gasteiger partial charge in [0, 0.05) is 0 Å². The zero-order valence-electron chi connectivity index (χ0n) is 10.8. The molecule has 0 fully saturated rings. The van der Waals surface area contributed by atoms with Crippen LogP contribution in [0.4, 0.5) is 0 Å². The molecule has 102 valence electrons. The van der Waals surface area contributed by atoms with E-state index < -0.39 is 0 Å². The fourth-order valence-electron chi connectivity index (χ4n) is 1.99. The van der Waals surface area contributed by atoms with Gasteiger partial charge in [-0.2, -0.15) is 0 Å². The third-order valence-corrected chi connectivity index (χ3v) is 4.47. The lowest BCUT2D eigenvalue weighted by Gasteiger charge is -2.16. The summed E-state index contributed by atoms with van der Waals surface area (Å²) in [6, 6.07) is 5.74. The molecule has 0 spiro atoms. The number of hydrogen-bond donors (Lipinski definition) is 1. The van der Waals surface area contributed by atoms with Crippen LogP contribution in [-0.4, -0.2) is 16.6 Å². The van der Waals surface area contributed by atoms with E-state index in [9.17, 15) is 0 Å². The molecular formula is C13H15Cl2N3S. The summed E-state index contributed by atoms with van der Waals surface area (Å²) in [6.07, 6.45) is 1.99. The normalized spacial score (nSPS) is 12.6. The van der Waals surface area contributed by atoms with Gasteiger partial charge in [0.1, 0.15) is 0 Å². The lowest BCUT2D eigenvalue weighted by molar-refractivity contribution is 0.688. The predicted octanol–water partition coefficient (Wildman–Crippen LogP) is 4.11. The van der Waals surface area contributed by atoms with Gasteiger partial charge in [-0.1, -0.05) is 47.1 Å². The summed E-state index contributed by atoms with van der Waals surface area (Å²) in [5.41, 5.74) is 2.12. The van der Waals surface area contributed by atoms with Gasteiger partial charge < -0.3 is 5.32 Å². The lowest BCUT2D eigenvalue weighted by Crippen LogP contribution is -2.18. The molecule has 6 heteroatoms. The minimum Gasteiger partial charge on any atom is -0.309 e. The van der Waals surface area contributed by atoms with Crippen LogP contribution < -0.4 is 5.32 Å². The first-order valence-electron chi connectivity index (χ1n) is 6.10. The minimum atomic E-state index is 0.0521. The summed E-state index contributed by atoms with van der Waals surface area (Å²) in [6.45, 7) is 2.14. The van der Waals surface area contributed by atoms with Crippen molar-refractivity contribution in [2.24, 2.45) is 0 Å². The van der Waals surface area contributed by atoms with Gasteiger partial charge in [0.2, 0.25) is 0 Å². The van der Waals surface area contributed by atoms with E-state index in [0.29, 0.717) is 10.0 Å². The van der Waals surface area contributed by atoms with Gasteiger partial charge in [-0.3, -0.25) is 0 Å². The minimum absolute atomic E-state index is 0.0521. The van der Waals surface area contributed by atoms with E-state index >= 15 is 0 Å². The average molecular weight is 316 g/mol. The van der Waals surface area contributed by atoms with Crippen molar-refractivity contribution in [3.05, 3.63) is 44.4 Å². The zero-order chi connectivity index (χ0) is 13.8. The largest absolute Gasteiger partial charge is 0.309 e. The first-order valence-corrected chi connectivity index (χ1v) is 7.63. The second-order valence-electron chi connectivity index (χ2n) is 4.23. The second-order valence-corrected chi connectivity index (χ2v) is 5.83. The Kier molecular flexibility index (Phi) is 5.16. The molecule has 1 N–H and O–H groups in total. The Balaban J connectivity index is 2.38. The highest BCUT2D eigenvalue weighted by Crippen LogP contribution is 2.31. The molecule has 0 amide bonds. The Morgan fingerprint density at radius 2 is 2.11 bits per heavy atom. The molecule has 3 nitrogen and oxygen atoms in total. The second kappa shape index (κ2) is 6.66. The Bertz CT molecular complexity index is 557. The van der Waals surface area contributed by atoms with Crippen LogP contribution in [0.15, 0.2) is 18.2 Å². The first-order chi connectivity index (χ1) is 9.17. The van der Waals surface area contributed by atoms with Crippen molar-refractivity contribution in [1.29, 1.82) is 0 Å². The molecule has 0 aliphatic heterocycles. The fraction of sp³-hybridized carbons (Fsp3) is 0.385. The Labute approximate surface area is 127 Å². The van der Waals surface area contributed by atoms with Crippen LogP contribution in [0.25, 0.3) is 0 Å². The van der Waals surface area contributed by atoms with Gasteiger partial charge in [0.05, 0.1) is 26.7 Å². The van der Waals surface area contributed by atoms with E-state index in [1.807, 2.05) is 25.2 Å². The van der Waals surface area contributed by atoms with Gasteiger partial charge in [-0.15, -0.1) is 5.10 Å². The maximum absolute atomic E-state index is 6.09. The molecule has 0 radical (unpaired) electrons. The Hall–Kier alpha value is -0.680. The number of benzene rings is 1. The van der Waals surface area contributed by atoms with Gasteiger partial charge in [-0.05, 0) is 42.7 Å². The quantitative estimate of drug-likeness (QED) is 0.902. The standard InChI is InChI=1S/C13H15Cl2N3S/c1-3-4-11-13(19-18-17-11)12(16-2)8-5-6-9(14)10(15)7-8/h5-7,12,16H,3-4H2,1-2H3. The molecule has 0 aliphatic rings. The van der Waals surface area contributed by atoms with E-state index in [0.717, 1.165) is 29.0 Å². The summed E-state index contributed by atoms with van der Waals surface area (Å²) in [4.78, 5) is 1.14. The highest BCUT2D eigenvalue weighted by molar-refractivity contribution is 7.05. The molecule has 0 saturated heterocycles. The van der Waals surface area contributed by atoms with E-state index in [1.54, 1.807) is 0 Å². The SMILES string of the molecule is CCCc1nnsc1C(NC)c1ccc(Cl)c(Cl)c1. The molecular weight excluding hydrogens is 301 g/mol. The van der Waals surface area contributed by atoms with Crippen molar-refractivity contribution in [2.45, 2.75) is 25.8 Å². The number of nitrogens with one attached hydrogen (secondary N) is 1. The summed E-state index contributed by atoms with van der Waals surface area (Å²) in [5.74, 6) is 0. The number of hydrogen-bond acceptors (Lipinski definition) is 4. The van der Waals surface area contributed by atoms with Gasteiger partial charge in [0.15, 0.2) is 0 Å². The summed E-state index contributed by atoms with van der Waals surface area (Å²) in [5, 5.41) is 8.63. The first kappa shape index (κ1) is 14.7. The van der Waals surface area contributed by atoms with Crippen LogP contribution in [0.5, 0.6) is 0 Å². The molecule has 19 heavy (non-hydrogen) atoms. The molecule has 1 aromatic carbocycles. The fourth-order valence-corrected chi connectivity index (χ4v) is 3.13. The molecule has 1 aromatic heterocycles. The summed E-state index contributed by atoms with van der Waals surface area (Å²) < 4.78 is 4.07. The Morgan fingerprint density at radius 3 is 2.74 bits per heavy atom. The van der Waals surface area contributed by atoms with E-state index in [-0.39, 0.29) is 6.04 Å². The van der Waals surface area contributed by atoms with Crippen molar-refractivity contribution >= 4 is 34.7 Å². The van der Waals surface area contributed by atoms with Crippen LogP contribution in [0, 0.1) is 0 Å². The molecule has 1 heterocycles. The predicted molar refractivity (Wildman–Crippen MR) is 81.3 cm³/mol. The smallest absolute Gasteiger partial charge is 0.0807 e. The van der Waals surface area contributed by atoms with Crippen LogP contribution in [0.1, 0.15) is 35.5 Å². The summed E-state index contributed by atoms with van der Waals surface area (Å²) in [7, 11) is 1.92. The molecule has 0 bridgehead atoms. The lowest BCUT2D eigenvalue weighted by atomic mass is 10.0. The maximum Gasteiger partial charge on any atom is 0.0807 e. The number of rotatable bonds is 5. The molecule has 2 rings (SSSR count). The number of halogens is 2. The third-order valence-electron chi connectivity index (χ3n) is 2.90. The van der Waals surface area contributed by atoms with Gasteiger partial charge in [-0.25, -0.2) is 0 Å². The average Bonchev–Trinajstić information content (AvgIpc) is 2.83. The van der Waals surface area contributed by atoms with Gasteiger partial charge in [0.25, 0.3) is 0 Å². The van der Waals surface area contributed by atoms with Crippen LogP contribution in [-0.2, 0) is 6.42 Å². The maximum atomic E-state index is 6.09. The third kappa shape index (κ3) is 3.26. The van der Waals surface area contributed by atoms with E-state index in [1.165, 1.54) is 11.5 Å². The van der Waals surface area contributed by atoms with Crippen LogP contribution in [0.3, 0.4) is 0 Å². The highest BCUT2D eigenvalue weighted by Gasteiger charge is 2.19.